The van der Waals surface area contributed by atoms with Gasteiger partial charge in [-0.1, -0.05) is 23.2 Å². The third-order valence-corrected chi connectivity index (χ3v) is 7.52. The first-order valence-corrected chi connectivity index (χ1v) is 12.1. The second kappa shape index (κ2) is 9.71. The van der Waals surface area contributed by atoms with Gasteiger partial charge in [-0.2, -0.15) is 14.0 Å². The number of nitrogens with zero attached hydrogens (tertiary/aromatic N) is 2. The summed E-state index contributed by atoms with van der Waals surface area (Å²) >= 11 is 11.6. The van der Waals surface area contributed by atoms with Crippen LogP contribution in [0.15, 0.2) is 18.2 Å². The Morgan fingerprint density at radius 1 is 1.22 bits per heavy atom. The highest BCUT2D eigenvalue weighted by molar-refractivity contribution is 6.34. The quantitative estimate of drug-likeness (QED) is 0.530. The highest BCUT2D eigenvalue weighted by Crippen LogP contribution is 2.50. The summed E-state index contributed by atoms with van der Waals surface area (Å²) in [4.78, 5) is 38.8. The molecule has 3 saturated heterocycles. The maximum atomic E-state index is 15.4. The molecule has 2 bridgehead atoms. The zero-order chi connectivity index (χ0) is 26.4. The molecule has 3 aliphatic heterocycles. The van der Waals surface area contributed by atoms with Crippen molar-refractivity contribution in [2.75, 3.05) is 6.54 Å². The van der Waals surface area contributed by atoms with E-state index in [0.29, 0.717) is 17.9 Å². The molecule has 5 atom stereocenters. The number of carbonyl (C=O) groups is 3. The van der Waals surface area contributed by atoms with E-state index in [2.05, 4.69) is 10.6 Å². The van der Waals surface area contributed by atoms with Gasteiger partial charge in [0.05, 0.1) is 12.0 Å². The van der Waals surface area contributed by atoms with E-state index in [-0.39, 0.29) is 35.2 Å². The van der Waals surface area contributed by atoms with Gasteiger partial charge in [0.15, 0.2) is 0 Å². The van der Waals surface area contributed by atoms with E-state index in [1.165, 1.54) is 6.07 Å². The van der Waals surface area contributed by atoms with Crippen LogP contribution in [-0.4, -0.2) is 53.2 Å². The molecular formula is C23H22Cl2F4N4O3. The Bertz CT molecular complexity index is 1110. The maximum Gasteiger partial charge on any atom is 0.350 e. The first-order valence-electron chi connectivity index (χ1n) is 11.4. The summed E-state index contributed by atoms with van der Waals surface area (Å²) in [5, 5.41) is 14.1. The van der Waals surface area contributed by atoms with E-state index in [1.807, 2.05) is 6.07 Å². The average molecular weight is 549 g/mol. The summed E-state index contributed by atoms with van der Waals surface area (Å²) in [5.74, 6) is -13.1. The zero-order valence-corrected chi connectivity index (χ0v) is 20.3. The number of benzene rings is 1. The lowest BCUT2D eigenvalue weighted by Crippen LogP contribution is -2.70. The molecule has 5 rings (SSSR count). The van der Waals surface area contributed by atoms with E-state index in [4.69, 9.17) is 23.2 Å². The number of carbonyl (C=O) groups excluding carboxylic acids is 3. The van der Waals surface area contributed by atoms with Crippen molar-refractivity contribution >= 4 is 40.9 Å². The van der Waals surface area contributed by atoms with Gasteiger partial charge in [-0.15, -0.1) is 0 Å². The van der Waals surface area contributed by atoms with Crippen LogP contribution in [0.1, 0.15) is 37.7 Å². The molecule has 3 amide bonds. The number of alkyl halides is 4. The molecule has 4 aliphatic rings. The Morgan fingerprint density at radius 3 is 2.44 bits per heavy atom. The molecule has 36 heavy (non-hydrogen) atoms. The summed E-state index contributed by atoms with van der Waals surface area (Å²) in [7, 11) is 0. The van der Waals surface area contributed by atoms with Gasteiger partial charge in [0.2, 0.25) is 11.8 Å². The molecule has 1 saturated carbocycles. The van der Waals surface area contributed by atoms with Crippen LogP contribution in [0.5, 0.6) is 0 Å². The fourth-order valence-corrected chi connectivity index (χ4v) is 5.90. The fourth-order valence-electron chi connectivity index (χ4n) is 5.38. The molecule has 0 aromatic heterocycles. The monoisotopic (exact) mass is 548 g/mol. The van der Waals surface area contributed by atoms with Crippen LogP contribution in [0.25, 0.3) is 0 Å². The minimum absolute atomic E-state index is 0.0199. The van der Waals surface area contributed by atoms with Crippen molar-refractivity contribution in [3.05, 3.63) is 33.8 Å². The van der Waals surface area contributed by atoms with Crippen LogP contribution < -0.4 is 10.6 Å². The molecule has 2 N–H and O–H groups in total. The van der Waals surface area contributed by atoms with Crippen molar-refractivity contribution in [2.24, 2.45) is 11.8 Å². The van der Waals surface area contributed by atoms with Crippen LogP contribution >= 0.6 is 23.2 Å². The number of fused-ring (bicyclic) bond motifs is 3. The molecular weight excluding hydrogens is 527 g/mol. The molecule has 0 radical (unpaired) electrons. The number of amides is 3. The number of halogens is 6. The smallest absolute Gasteiger partial charge is 0.350 e. The first kappa shape index (κ1) is 26.5. The lowest BCUT2D eigenvalue weighted by atomic mass is 9.71. The largest absolute Gasteiger partial charge is 0.356 e. The number of hydrogen-bond donors (Lipinski definition) is 2. The highest BCUT2D eigenvalue weighted by atomic mass is 35.5. The molecule has 0 spiro atoms. The Kier molecular flexibility index (Phi) is 7.14. The standard InChI is InChI=1S/C23H22Cl2F4N4O3/c24-13-6-12(7-14(25)8-13)23(28,29)21(36)33-16-1-2-17(22(26,27)9-16)18(33)20(35)32-15(10-30)5-11-3-4-31-19(11)34/h6-8,11,15-18H,1-5,9H2,(H,31,34)(H,32,35)/t11-,15+,16-,17-,18-/m1/s1. The number of nitriles is 1. The van der Waals surface area contributed by atoms with E-state index in [9.17, 15) is 28.4 Å². The normalized spacial score (nSPS) is 27.8. The van der Waals surface area contributed by atoms with Gasteiger partial charge in [0.25, 0.3) is 11.8 Å². The van der Waals surface area contributed by atoms with Crippen molar-refractivity contribution < 1.29 is 31.9 Å². The van der Waals surface area contributed by atoms with Crippen LogP contribution in [0.2, 0.25) is 10.0 Å². The van der Waals surface area contributed by atoms with Gasteiger partial charge < -0.3 is 15.5 Å². The van der Waals surface area contributed by atoms with Crippen LogP contribution in [0.3, 0.4) is 0 Å². The van der Waals surface area contributed by atoms with Gasteiger partial charge >= 0.3 is 5.92 Å². The van der Waals surface area contributed by atoms with Gasteiger partial charge in [0.1, 0.15) is 12.1 Å². The summed E-state index contributed by atoms with van der Waals surface area (Å²) in [6, 6.07) is 0.232. The van der Waals surface area contributed by atoms with Gasteiger partial charge in [-0.05, 0) is 43.9 Å². The second-order valence-corrected chi connectivity index (χ2v) is 10.3. The summed E-state index contributed by atoms with van der Waals surface area (Å²) in [5.41, 5.74) is -0.834. The summed E-state index contributed by atoms with van der Waals surface area (Å²) in [6.45, 7) is 0.402. The summed E-state index contributed by atoms with van der Waals surface area (Å²) in [6.07, 6.45) is -0.638. The topological polar surface area (TPSA) is 102 Å². The first-order chi connectivity index (χ1) is 16.8. The van der Waals surface area contributed by atoms with Gasteiger partial charge in [-0.25, -0.2) is 8.78 Å². The van der Waals surface area contributed by atoms with Gasteiger partial charge in [0, 0.05) is 40.5 Å². The molecule has 1 aromatic carbocycles. The van der Waals surface area contributed by atoms with Crippen LogP contribution in [0, 0.1) is 23.2 Å². The fraction of sp³-hybridized carbons (Fsp3) is 0.565. The maximum absolute atomic E-state index is 15.4. The molecule has 1 aromatic rings. The van der Waals surface area contributed by atoms with E-state index >= 15 is 8.78 Å². The van der Waals surface area contributed by atoms with Gasteiger partial charge in [-0.3, -0.25) is 14.4 Å². The third kappa shape index (κ3) is 4.85. The third-order valence-electron chi connectivity index (χ3n) is 7.09. The average Bonchev–Trinajstić information content (AvgIpc) is 3.20. The lowest BCUT2D eigenvalue weighted by Gasteiger charge is -2.54. The molecule has 13 heteroatoms. The predicted octanol–water partition coefficient (Wildman–Crippen LogP) is 3.63. The Balaban J connectivity index is 1.63. The van der Waals surface area contributed by atoms with Crippen molar-refractivity contribution in [1.29, 1.82) is 5.26 Å². The van der Waals surface area contributed by atoms with Crippen LogP contribution in [0.4, 0.5) is 17.6 Å². The second-order valence-electron chi connectivity index (χ2n) is 9.40. The molecule has 1 aliphatic carbocycles. The number of piperidine rings is 2. The van der Waals surface area contributed by atoms with Crippen molar-refractivity contribution in [2.45, 2.75) is 62.1 Å². The number of hydrogen-bond acceptors (Lipinski definition) is 4. The predicted molar refractivity (Wildman–Crippen MR) is 120 cm³/mol. The van der Waals surface area contributed by atoms with E-state index in [1.54, 1.807) is 0 Å². The Labute approximate surface area is 214 Å². The van der Waals surface area contributed by atoms with Crippen molar-refractivity contribution in [1.82, 2.24) is 15.5 Å². The van der Waals surface area contributed by atoms with Crippen molar-refractivity contribution in [3.63, 3.8) is 0 Å². The SMILES string of the molecule is N#C[C@H](C[C@H]1CCNC1=O)NC(=O)[C@H]1[C@H]2CC[C@H](CC2(F)F)N1C(=O)C(F)(F)c1cc(Cl)cc(Cl)c1. The minimum Gasteiger partial charge on any atom is -0.356 e. The minimum atomic E-state index is -4.21. The molecule has 3 heterocycles. The number of rotatable bonds is 6. The highest BCUT2D eigenvalue weighted by Gasteiger charge is 2.63. The van der Waals surface area contributed by atoms with E-state index < -0.39 is 65.6 Å². The zero-order valence-electron chi connectivity index (χ0n) is 18.7. The molecule has 194 valence electrons. The lowest BCUT2D eigenvalue weighted by molar-refractivity contribution is -0.207. The molecule has 0 unspecified atom stereocenters. The number of nitrogens with one attached hydrogen (secondary N) is 2. The molecule has 4 fully saturated rings. The van der Waals surface area contributed by atoms with Crippen LogP contribution in [-0.2, 0) is 20.3 Å². The summed E-state index contributed by atoms with van der Waals surface area (Å²) < 4.78 is 60.4. The van der Waals surface area contributed by atoms with E-state index in [0.717, 1.165) is 12.1 Å². The Hall–Kier alpha value is -2.58. The Morgan fingerprint density at radius 2 is 1.89 bits per heavy atom. The molecule has 7 nitrogen and oxygen atoms in total. The van der Waals surface area contributed by atoms with Crippen molar-refractivity contribution in [3.8, 4) is 6.07 Å².